The van der Waals surface area contributed by atoms with Crippen molar-refractivity contribution in [2.24, 2.45) is 0 Å². The van der Waals surface area contributed by atoms with E-state index in [0.717, 1.165) is 32.0 Å². The Bertz CT molecular complexity index is 728. The maximum absolute atomic E-state index is 12.3. The van der Waals surface area contributed by atoms with Crippen LogP contribution in [0.5, 0.6) is 0 Å². The quantitative estimate of drug-likeness (QED) is 0.906. The van der Waals surface area contributed by atoms with Gasteiger partial charge in [0.05, 0.1) is 22.5 Å². The maximum atomic E-state index is 12.3. The Hall–Kier alpha value is -1.82. The average Bonchev–Trinajstić information content (AvgIpc) is 2.56. The van der Waals surface area contributed by atoms with Gasteiger partial charge in [0.25, 0.3) is 5.91 Å². The van der Waals surface area contributed by atoms with E-state index in [-0.39, 0.29) is 5.91 Å². The van der Waals surface area contributed by atoms with E-state index in [4.69, 9.17) is 23.2 Å². The molecule has 0 atom stereocenters. The van der Waals surface area contributed by atoms with E-state index in [9.17, 15) is 4.79 Å². The number of nitrogens with one attached hydrogen (secondary N) is 1. The third kappa shape index (κ3) is 3.98. The molecule has 0 radical (unpaired) electrons. The van der Waals surface area contributed by atoms with Crippen LogP contribution in [0.1, 0.15) is 10.4 Å². The third-order valence-corrected chi connectivity index (χ3v) is 4.56. The molecule has 7 heteroatoms. The largest absolute Gasteiger partial charge is 0.354 e. The molecule has 2 heterocycles. The lowest BCUT2D eigenvalue weighted by Crippen LogP contribution is -2.44. The van der Waals surface area contributed by atoms with Crippen LogP contribution in [0.3, 0.4) is 0 Å². The van der Waals surface area contributed by atoms with Crippen LogP contribution in [0.2, 0.25) is 10.0 Å². The summed E-state index contributed by atoms with van der Waals surface area (Å²) in [7, 11) is 2.12. The van der Waals surface area contributed by atoms with Gasteiger partial charge in [0.15, 0.2) is 0 Å². The molecule has 0 unspecified atom stereocenters. The summed E-state index contributed by atoms with van der Waals surface area (Å²) < 4.78 is 0. The van der Waals surface area contributed by atoms with Crippen molar-refractivity contribution >= 4 is 40.6 Å². The SMILES string of the molecule is CN1CCN(c2ccc(NC(=O)c3ccc(Cl)cc3Cl)cn2)CC1. The lowest BCUT2D eigenvalue weighted by atomic mass is 10.2. The minimum absolute atomic E-state index is 0.286. The molecule has 2 aromatic rings. The topological polar surface area (TPSA) is 48.5 Å². The Kier molecular flexibility index (Phi) is 5.23. The van der Waals surface area contributed by atoms with Gasteiger partial charge in [-0.1, -0.05) is 23.2 Å². The summed E-state index contributed by atoms with van der Waals surface area (Å²) in [6, 6.07) is 8.56. The first-order valence-corrected chi connectivity index (χ1v) is 8.44. The number of rotatable bonds is 3. The molecule has 1 aromatic carbocycles. The first kappa shape index (κ1) is 17.0. The second-order valence-electron chi connectivity index (χ2n) is 5.77. The first-order valence-electron chi connectivity index (χ1n) is 7.69. The van der Waals surface area contributed by atoms with Gasteiger partial charge in [0.2, 0.25) is 0 Å². The lowest BCUT2D eigenvalue weighted by Gasteiger charge is -2.33. The monoisotopic (exact) mass is 364 g/mol. The van der Waals surface area contributed by atoms with Gasteiger partial charge in [-0.2, -0.15) is 0 Å². The second-order valence-corrected chi connectivity index (χ2v) is 6.62. The zero-order valence-electron chi connectivity index (χ0n) is 13.3. The number of benzene rings is 1. The molecule has 1 N–H and O–H groups in total. The lowest BCUT2D eigenvalue weighted by molar-refractivity contribution is 0.102. The number of halogens is 2. The molecule has 0 aliphatic carbocycles. The second kappa shape index (κ2) is 7.38. The molecule has 126 valence electrons. The Morgan fingerprint density at radius 1 is 1.12 bits per heavy atom. The third-order valence-electron chi connectivity index (χ3n) is 4.01. The molecular weight excluding hydrogens is 347 g/mol. The first-order chi connectivity index (χ1) is 11.5. The average molecular weight is 365 g/mol. The summed E-state index contributed by atoms with van der Waals surface area (Å²) in [5.41, 5.74) is 1.01. The van der Waals surface area contributed by atoms with Gasteiger partial charge in [0, 0.05) is 31.2 Å². The zero-order valence-corrected chi connectivity index (χ0v) is 14.8. The maximum Gasteiger partial charge on any atom is 0.257 e. The van der Waals surface area contributed by atoms with Gasteiger partial charge >= 0.3 is 0 Å². The molecule has 1 amide bonds. The highest BCUT2D eigenvalue weighted by Crippen LogP contribution is 2.22. The van der Waals surface area contributed by atoms with E-state index in [2.05, 4.69) is 27.1 Å². The Balaban J connectivity index is 1.66. The van der Waals surface area contributed by atoms with Gasteiger partial charge < -0.3 is 15.1 Å². The number of carbonyl (C=O) groups excluding carboxylic acids is 1. The van der Waals surface area contributed by atoms with Crippen LogP contribution in [0.15, 0.2) is 36.5 Å². The smallest absolute Gasteiger partial charge is 0.257 e. The highest BCUT2D eigenvalue weighted by Gasteiger charge is 2.15. The fourth-order valence-electron chi connectivity index (χ4n) is 2.55. The van der Waals surface area contributed by atoms with E-state index >= 15 is 0 Å². The van der Waals surface area contributed by atoms with Crippen molar-refractivity contribution in [1.82, 2.24) is 9.88 Å². The molecule has 3 rings (SSSR count). The molecular formula is C17H18Cl2N4O. The molecule has 5 nitrogen and oxygen atoms in total. The number of hydrogen-bond donors (Lipinski definition) is 1. The normalized spacial score (nSPS) is 15.4. The molecule has 1 aromatic heterocycles. The number of nitrogens with zero attached hydrogens (tertiary/aromatic N) is 3. The molecule has 24 heavy (non-hydrogen) atoms. The molecule has 1 aliphatic heterocycles. The fourth-order valence-corrected chi connectivity index (χ4v) is 3.05. The van der Waals surface area contributed by atoms with Crippen LogP contribution in [0.4, 0.5) is 11.5 Å². The number of pyridine rings is 1. The summed E-state index contributed by atoms with van der Waals surface area (Å²) in [4.78, 5) is 21.3. The summed E-state index contributed by atoms with van der Waals surface area (Å²) in [6.07, 6.45) is 1.66. The van der Waals surface area contributed by atoms with Crippen molar-refractivity contribution < 1.29 is 4.79 Å². The van der Waals surface area contributed by atoms with Crippen molar-refractivity contribution in [3.63, 3.8) is 0 Å². The number of piperazine rings is 1. The Labute approximate surface area is 151 Å². The molecule has 1 saturated heterocycles. The summed E-state index contributed by atoms with van der Waals surface area (Å²) >= 11 is 11.9. The number of hydrogen-bond acceptors (Lipinski definition) is 4. The van der Waals surface area contributed by atoms with Gasteiger partial charge in [-0.05, 0) is 37.4 Å². The number of anilines is 2. The molecule has 0 bridgehead atoms. The minimum atomic E-state index is -0.286. The van der Waals surface area contributed by atoms with Gasteiger partial charge in [-0.15, -0.1) is 0 Å². The predicted octanol–water partition coefficient (Wildman–Crippen LogP) is 3.39. The number of aromatic nitrogens is 1. The van der Waals surface area contributed by atoms with Crippen LogP contribution in [-0.2, 0) is 0 Å². The number of likely N-dealkylation sites (N-methyl/N-ethyl adjacent to an activating group) is 1. The predicted molar refractivity (Wildman–Crippen MR) is 98.4 cm³/mol. The number of carbonyl (C=O) groups is 1. The standard InChI is InChI=1S/C17H18Cl2N4O/c1-22-6-8-23(9-7-22)16-5-3-13(11-20-16)21-17(24)14-4-2-12(18)10-15(14)19/h2-5,10-11H,6-9H2,1H3,(H,21,24). The molecule has 1 aliphatic rings. The molecule has 0 spiro atoms. The fraction of sp³-hybridized carbons (Fsp3) is 0.294. The summed E-state index contributed by atoms with van der Waals surface area (Å²) in [6.45, 7) is 3.95. The molecule has 1 fully saturated rings. The van der Waals surface area contributed by atoms with E-state index < -0.39 is 0 Å². The highest BCUT2D eigenvalue weighted by molar-refractivity contribution is 6.37. The van der Waals surface area contributed by atoms with Gasteiger partial charge in [0.1, 0.15) is 5.82 Å². The van der Waals surface area contributed by atoms with Crippen LogP contribution >= 0.6 is 23.2 Å². The Morgan fingerprint density at radius 2 is 1.88 bits per heavy atom. The van der Waals surface area contributed by atoms with Gasteiger partial charge in [-0.25, -0.2) is 4.98 Å². The van der Waals surface area contributed by atoms with Crippen LogP contribution in [0.25, 0.3) is 0 Å². The number of amides is 1. The van der Waals surface area contributed by atoms with Crippen LogP contribution < -0.4 is 10.2 Å². The zero-order chi connectivity index (χ0) is 17.1. The van der Waals surface area contributed by atoms with Crippen molar-refractivity contribution in [2.45, 2.75) is 0 Å². The highest BCUT2D eigenvalue weighted by atomic mass is 35.5. The summed E-state index contributed by atoms with van der Waals surface area (Å²) in [5.74, 6) is 0.636. The van der Waals surface area contributed by atoms with E-state index in [1.54, 1.807) is 24.4 Å². The molecule has 0 saturated carbocycles. The van der Waals surface area contributed by atoms with E-state index in [1.807, 2.05) is 12.1 Å². The van der Waals surface area contributed by atoms with Crippen molar-refractivity contribution in [3.8, 4) is 0 Å². The van der Waals surface area contributed by atoms with Crippen LogP contribution in [0, 0.1) is 0 Å². The van der Waals surface area contributed by atoms with Crippen molar-refractivity contribution in [1.29, 1.82) is 0 Å². The minimum Gasteiger partial charge on any atom is -0.354 e. The Morgan fingerprint density at radius 3 is 2.50 bits per heavy atom. The van der Waals surface area contributed by atoms with Crippen molar-refractivity contribution in [2.75, 3.05) is 43.4 Å². The van der Waals surface area contributed by atoms with Crippen LogP contribution in [-0.4, -0.2) is 49.0 Å². The van der Waals surface area contributed by atoms with E-state index in [1.165, 1.54) is 0 Å². The summed E-state index contributed by atoms with van der Waals surface area (Å²) in [5, 5.41) is 3.62. The van der Waals surface area contributed by atoms with E-state index in [0.29, 0.717) is 21.3 Å². The van der Waals surface area contributed by atoms with Gasteiger partial charge in [-0.3, -0.25) is 4.79 Å². The van der Waals surface area contributed by atoms with Crippen molar-refractivity contribution in [3.05, 3.63) is 52.1 Å².